The van der Waals surface area contributed by atoms with E-state index in [1.165, 1.54) is 25.7 Å². The van der Waals surface area contributed by atoms with Crippen molar-refractivity contribution in [3.05, 3.63) is 146 Å². The van der Waals surface area contributed by atoms with Crippen LogP contribution < -0.4 is 0 Å². The van der Waals surface area contributed by atoms with Gasteiger partial charge in [0, 0.05) is 59.2 Å². The molecule has 0 N–H and O–H groups in total. The highest BCUT2D eigenvalue weighted by atomic mass is 32.1. The van der Waals surface area contributed by atoms with Crippen LogP contribution in [0.5, 0.6) is 0 Å². The number of thiophene rings is 1. The third-order valence-electron chi connectivity index (χ3n) is 9.00. The molecule has 4 aromatic heterocycles. The van der Waals surface area contributed by atoms with Crippen molar-refractivity contribution in [3.8, 4) is 45.3 Å². The first kappa shape index (κ1) is 26.9. The molecular formula is C42H24N4OS. The molecule has 4 heterocycles. The van der Waals surface area contributed by atoms with Crippen LogP contribution in [0.1, 0.15) is 0 Å². The van der Waals surface area contributed by atoms with Crippen molar-refractivity contribution in [1.29, 1.82) is 0 Å². The van der Waals surface area contributed by atoms with Crippen LogP contribution in [0.2, 0.25) is 0 Å². The third kappa shape index (κ3) is 4.38. The smallest absolute Gasteiger partial charge is 0.164 e. The average Bonchev–Trinajstić information content (AvgIpc) is 3.73. The van der Waals surface area contributed by atoms with Crippen molar-refractivity contribution >= 4 is 64.4 Å². The van der Waals surface area contributed by atoms with Crippen LogP contribution >= 0.6 is 11.3 Å². The van der Waals surface area contributed by atoms with E-state index in [1.807, 2.05) is 36.5 Å². The van der Waals surface area contributed by atoms with Gasteiger partial charge in [0.2, 0.25) is 0 Å². The number of fused-ring (bicyclic) bond motifs is 8. The van der Waals surface area contributed by atoms with Crippen LogP contribution in [0.15, 0.2) is 150 Å². The minimum absolute atomic E-state index is 0.589. The van der Waals surface area contributed by atoms with Gasteiger partial charge in [0.05, 0.1) is 5.52 Å². The maximum Gasteiger partial charge on any atom is 0.164 e. The lowest BCUT2D eigenvalue weighted by Crippen LogP contribution is -2.00. The fraction of sp³-hybridized carbons (Fsp3) is 0. The van der Waals surface area contributed by atoms with E-state index in [-0.39, 0.29) is 0 Å². The zero-order valence-corrected chi connectivity index (χ0v) is 26.3. The van der Waals surface area contributed by atoms with E-state index >= 15 is 0 Å². The summed E-state index contributed by atoms with van der Waals surface area (Å²) in [4.78, 5) is 19.7. The molecule has 0 saturated heterocycles. The van der Waals surface area contributed by atoms with Gasteiger partial charge in [-0.15, -0.1) is 11.3 Å². The van der Waals surface area contributed by atoms with Gasteiger partial charge in [0.1, 0.15) is 11.2 Å². The highest BCUT2D eigenvalue weighted by molar-refractivity contribution is 7.25. The lowest BCUT2D eigenvalue weighted by molar-refractivity contribution is 0.669. The molecule has 5 nitrogen and oxygen atoms in total. The Bertz CT molecular complexity index is 2840. The number of rotatable bonds is 4. The van der Waals surface area contributed by atoms with Crippen LogP contribution in [0.4, 0.5) is 0 Å². The average molecular weight is 633 g/mol. The molecule has 0 spiro atoms. The van der Waals surface area contributed by atoms with E-state index in [0.717, 1.165) is 55.1 Å². The van der Waals surface area contributed by atoms with E-state index in [2.05, 4.69) is 114 Å². The summed E-state index contributed by atoms with van der Waals surface area (Å²) in [6, 6.07) is 48.1. The van der Waals surface area contributed by atoms with E-state index in [9.17, 15) is 0 Å². The summed E-state index contributed by atoms with van der Waals surface area (Å²) in [5, 5.41) is 5.61. The fourth-order valence-electron chi connectivity index (χ4n) is 6.64. The second kappa shape index (κ2) is 10.7. The first-order valence-corrected chi connectivity index (χ1v) is 16.6. The molecule has 0 aliphatic heterocycles. The summed E-state index contributed by atoms with van der Waals surface area (Å²) in [5.74, 6) is 1.83. The largest absolute Gasteiger partial charge is 0.456 e. The first-order valence-electron chi connectivity index (χ1n) is 15.8. The number of nitrogens with zero attached hydrogens (tertiary/aromatic N) is 4. The third-order valence-corrected chi connectivity index (χ3v) is 10.1. The van der Waals surface area contributed by atoms with Crippen molar-refractivity contribution < 1.29 is 4.42 Å². The molecule has 224 valence electrons. The number of furan rings is 1. The van der Waals surface area contributed by atoms with Gasteiger partial charge < -0.3 is 4.42 Å². The molecule has 0 saturated carbocycles. The number of hydrogen-bond donors (Lipinski definition) is 0. The maximum atomic E-state index is 6.39. The second-order valence-corrected chi connectivity index (χ2v) is 13.0. The van der Waals surface area contributed by atoms with Crippen molar-refractivity contribution in [2.45, 2.75) is 0 Å². The molecule has 48 heavy (non-hydrogen) atoms. The summed E-state index contributed by atoms with van der Waals surface area (Å²) in [6.45, 7) is 0. The van der Waals surface area contributed by atoms with E-state index < -0.39 is 0 Å². The van der Waals surface area contributed by atoms with Gasteiger partial charge in [0.15, 0.2) is 17.5 Å². The number of benzene rings is 6. The Morgan fingerprint density at radius 1 is 0.417 bits per heavy atom. The Morgan fingerprint density at radius 2 is 1.06 bits per heavy atom. The summed E-state index contributed by atoms with van der Waals surface area (Å²) >= 11 is 1.80. The highest BCUT2D eigenvalue weighted by Gasteiger charge is 2.17. The zero-order chi connectivity index (χ0) is 31.6. The van der Waals surface area contributed by atoms with Gasteiger partial charge in [-0.1, -0.05) is 84.9 Å². The maximum absolute atomic E-state index is 6.39. The zero-order valence-electron chi connectivity index (χ0n) is 25.5. The normalized spacial score (nSPS) is 11.8. The highest BCUT2D eigenvalue weighted by Crippen LogP contribution is 2.38. The molecule has 0 aliphatic rings. The van der Waals surface area contributed by atoms with Crippen LogP contribution in [0.3, 0.4) is 0 Å². The number of pyridine rings is 1. The van der Waals surface area contributed by atoms with Gasteiger partial charge in [0.25, 0.3) is 0 Å². The molecule has 0 bridgehead atoms. The van der Waals surface area contributed by atoms with Gasteiger partial charge >= 0.3 is 0 Å². The Kier molecular flexibility index (Phi) is 5.98. The molecule has 10 rings (SSSR count). The molecule has 0 atom stereocenters. The predicted octanol–water partition coefficient (Wildman–Crippen LogP) is 11.4. The quantitative estimate of drug-likeness (QED) is 0.193. The minimum atomic E-state index is 0.589. The first-order chi connectivity index (χ1) is 23.7. The standard InChI is InChI=1S/C42H24N4OS/c1-2-7-25(8-3-1)26-12-14-27(15-13-26)40-44-41(28-17-21-38-33(23-28)30-9-4-5-11-37(30)48-38)46-42(45-40)29-16-18-32-36(24-29)47-35-20-19-34-31(39(32)35)10-6-22-43-34/h1-24H. The Hall–Kier alpha value is -6.24. The van der Waals surface area contributed by atoms with Crippen LogP contribution in [-0.2, 0) is 0 Å². The number of hydrogen-bond acceptors (Lipinski definition) is 6. The summed E-state index contributed by atoms with van der Waals surface area (Å²) < 4.78 is 8.90. The summed E-state index contributed by atoms with van der Waals surface area (Å²) in [5.41, 5.74) is 7.58. The summed E-state index contributed by atoms with van der Waals surface area (Å²) in [6.07, 6.45) is 1.82. The summed E-state index contributed by atoms with van der Waals surface area (Å²) in [7, 11) is 0. The molecule has 0 unspecified atom stereocenters. The molecule has 6 aromatic carbocycles. The van der Waals surface area contributed by atoms with Crippen molar-refractivity contribution in [3.63, 3.8) is 0 Å². The van der Waals surface area contributed by atoms with E-state index in [1.54, 1.807) is 11.3 Å². The molecule has 0 aliphatic carbocycles. The fourth-order valence-corrected chi connectivity index (χ4v) is 7.72. The molecule has 0 amide bonds. The number of aromatic nitrogens is 4. The Balaban J connectivity index is 1.15. The Labute approximate surface area is 278 Å². The topological polar surface area (TPSA) is 64.7 Å². The van der Waals surface area contributed by atoms with Crippen LogP contribution in [-0.4, -0.2) is 19.9 Å². The van der Waals surface area contributed by atoms with E-state index in [0.29, 0.717) is 17.5 Å². The SMILES string of the molecule is c1ccc(-c2ccc(-c3nc(-c4ccc5c(c4)oc4ccc6ncccc6c45)nc(-c4ccc5sc6ccccc6c5c4)n3)cc2)cc1. The molecule has 6 heteroatoms. The van der Waals surface area contributed by atoms with Gasteiger partial charge in [-0.2, -0.15) is 0 Å². The molecule has 10 aromatic rings. The molecular weight excluding hydrogens is 609 g/mol. The molecule has 0 radical (unpaired) electrons. The van der Waals surface area contributed by atoms with Gasteiger partial charge in [-0.05, 0) is 65.7 Å². The second-order valence-electron chi connectivity index (χ2n) is 11.9. The van der Waals surface area contributed by atoms with E-state index in [4.69, 9.17) is 19.4 Å². The minimum Gasteiger partial charge on any atom is -0.456 e. The van der Waals surface area contributed by atoms with Crippen molar-refractivity contribution in [2.75, 3.05) is 0 Å². The van der Waals surface area contributed by atoms with Crippen LogP contribution in [0, 0.1) is 0 Å². The van der Waals surface area contributed by atoms with Crippen LogP contribution in [0.25, 0.3) is 98.3 Å². The lowest BCUT2D eigenvalue weighted by atomic mass is 10.0. The van der Waals surface area contributed by atoms with Gasteiger partial charge in [-0.25, -0.2) is 15.0 Å². The molecule has 0 fully saturated rings. The lowest BCUT2D eigenvalue weighted by Gasteiger charge is -2.09. The Morgan fingerprint density at radius 3 is 1.92 bits per heavy atom. The van der Waals surface area contributed by atoms with Gasteiger partial charge in [-0.3, -0.25) is 4.98 Å². The van der Waals surface area contributed by atoms with Crippen molar-refractivity contribution in [1.82, 2.24) is 19.9 Å². The monoisotopic (exact) mass is 632 g/mol. The predicted molar refractivity (Wildman–Crippen MR) is 197 cm³/mol. The van der Waals surface area contributed by atoms with Crippen molar-refractivity contribution in [2.24, 2.45) is 0 Å².